The number of anilines is 1. The number of halogens is 2. The fraction of sp³-hybridized carbons (Fsp3) is 0.417. The van der Waals surface area contributed by atoms with E-state index in [0.29, 0.717) is 16.2 Å². The molecule has 0 saturated heterocycles. The van der Waals surface area contributed by atoms with Crippen molar-refractivity contribution in [2.24, 2.45) is 0 Å². The van der Waals surface area contributed by atoms with Crippen molar-refractivity contribution in [2.75, 3.05) is 5.32 Å². The Bertz CT molecular complexity index is 419. The van der Waals surface area contributed by atoms with Gasteiger partial charge in [-0.25, -0.2) is 0 Å². The molecule has 0 heterocycles. The second-order valence-corrected chi connectivity index (χ2v) is 5.88. The van der Waals surface area contributed by atoms with Crippen LogP contribution in [-0.2, 0) is 0 Å². The molecule has 2 rings (SSSR count). The Morgan fingerprint density at radius 3 is 2.71 bits per heavy atom. The first-order valence-corrected chi connectivity index (χ1v) is 7.25. The van der Waals surface area contributed by atoms with Crippen LogP contribution in [0, 0.1) is 0 Å². The normalized spacial score (nSPS) is 15.9. The SMILES string of the molecule is S=C(Nc1ccc(Cl)c(Br)c1)NC1CCCC1. The van der Waals surface area contributed by atoms with Gasteiger partial charge in [0.15, 0.2) is 5.11 Å². The summed E-state index contributed by atoms with van der Waals surface area (Å²) in [7, 11) is 0. The van der Waals surface area contributed by atoms with E-state index in [-0.39, 0.29) is 0 Å². The Hall–Kier alpha value is -0.320. The highest BCUT2D eigenvalue weighted by molar-refractivity contribution is 9.10. The van der Waals surface area contributed by atoms with E-state index in [4.69, 9.17) is 23.8 Å². The highest BCUT2D eigenvalue weighted by Crippen LogP contribution is 2.25. The van der Waals surface area contributed by atoms with Crippen LogP contribution in [0.4, 0.5) is 5.69 Å². The van der Waals surface area contributed by atoms with E-state index in [1.165, 1.54) is 25.7 Å². The standard InChI is InChI=1S/C12H14BrClN2S/c13-10-7-9(5-6-11(10)14)16-12(17)15-8-3-1-2-4-8/h5-8H,1-4H2,(H2,15,16,17). The minimum absolute atomic E-state index is 0.533. The van der Waals surface area contributed by atoms with Crippen LogP contribution in [0.15, 0.2) is 22.7 Å². The van der Waals surface area contributed by atoms with Crippen LogP contribution >= 0.6 is 39.7 Å². The lowest BCUT2D eigenvalue weighted by molar-refractivity contribution is 0.634. The number of hydrogen-bond donors (Lipinski definition) is 2. The maximum absolute atomic E-state index is 5.93. The summed E-state index contributed by atoms with van der Waals surface area (Å²) in [5.41, 5.74) is 0.941. The van der Waals surface area contributed by atoms with Crippen molar-refractivity contribution in [3.8, 4) is 0 Å². The Morgan fingerprint density at radius 1 is 1.35 bits per heavy atom. The van der Waals surface area contributed by atoms with Crippen LogP contribution in [0.25, 0.3) is 0 Å². The number of rotatable bonds is 2. The van der Waals surface area contributed by atoms with Crippen molar-refractivity contribution >= 4 is 50.5 Å². The number of thiocarbonyl (C=S) groups is 1. The van der Waals surface area contributed by atoms with Crippen molar-refractivity contribution < 1.29 is 0 Å². The molecule has 2 N–H and O–H groups in total. The van der Waals surface area contributed by atoms with Crippen molar-refractivity contribution in [3.05, 3.63) is 27.7 Å². The average Bonchev–Trinajstić information content (AvgIpc) is 2.76. The Balaban J connectivity index is 1.90. The largest absolute Gasteiger partial charge is 0.360 e. The minimum Gasteiger partial charge on any atom is -0.360 e. The Morgan fingerprint density at radius 2 is 2.06 bits per heavy atom. The van der Waals surface area contributed by atoms with Gasteiger partial charge < -0.3 is 10.6 Å². The fourth-order valence-corrected chi connectivity index (χ4v) is 2.78. The molecule has 0 aromatic heterocycles. The first-order valence-electron chi connectivity index (χ1n) is 5.68. The summed E-state index contributed by atoms with van der Waals surface area (Å²) < 4.78 is 0.868. The summed E-state index contributed by atoms with van der Waals surface area (Å²) in [6.07, 6.45) is 5.03. The third kappa shape index (κ3) is 3.83. The summed E-state index contributed by atoms with van der Waals surface area (Å²) in [5.74, 6) is 0. The first-order chi connectivity index (χ1) is 8.15. The molecule has 92 valence electrons. The molecule has 17 heavy (non-hydrogen) atoms. The van der Waals surface area contributed by atoms with Gasteiger partial charge in [0.25, 0.3) is 0 Å². The van der Waals surface area contributed by atoms with Gasteiger partial charge in [0.05, 0.1) is 5.02 Å². The third-order valence-corrected chi connectivity index (χ3v) is 4.30. The summed E-state index contributed by atoms with van der Waals surface area (Å²) in [6.45, 7) is 0. The predicted molar refractivity (Wildman–Crippen MR) is 80.8 cm³/mol. The molecule has 2 nitrogen and oxygen atoms in total. The van der Waals surface area contributed by atoms with Gasteiger partial charge in [0, 0.05) is 16.2 Å². The van der Waals surface area contributed by atoms with Crippen LogP contribution in [0.5, 0.6) is 0 Å². The molecule has 0 radical (unpaired) electrons. The van der Waals surface area contributed by atoms with Crippen LogP contribution in [0.3, 0.4) is 0 Å². The third-order valence-electron chi connectivity index (χ3n) is 2.87. The van der Waals surface area contributed by atoms with E-state index in [0.717, 1.165) is 10.2 Å². The molecule has 1 aromatic carbocycles. The maximum Gasteiger partial charge on any atom is 0.170 e. The van der Waals surface area contributed by atoms with E-state index < -0.39 is 0 Å². The summed E-state index contributed by atoms with van der Waals surface area (Å²) in [5, 5.41) is 7.89. The highest BCUT2D eigenvalue weighted by Gasteiger charge is 2.15. The van der Waals surface area contributed by atoms with E-state index in [1.807, 2.05) is 18.2 Å². The lowest BCUT2D eigenvalue weighted by Crippen LogP contribution is -2.35. The van der Waals surface area contributed by atoms with Gasteiger partial charge >= 0.3 is 0 Å². The van der Waals surface area contributed by atoms with Gasteiger partial charge in [0.1, 0.15) is 0 Å². The number of nitrogens with one attached hydrogen (secondary N) is 2. The molecule has 1 saturated carbocycles. The van der Waals surface area contributed by atoms with Gasteiger partial charge in [0.2, 0.25) is 0 Å². The van der Waals surface area contributed by atoms with Gasteiger partial charge in [-0.05, 0) is 59.2 Å². The molecule has 5 heteroatoms. The highest BCUT2D eigenvalue weighted by atomic mass is 79.9. The Labute approximate surface area is 120 Å². The second-order valence-electron chi connectivity index (χ2n) is 4.21. The van der Waals surface area contributed by atoms with Crippen LogP contribution in [0.2, 0.25) is 5.02 Å². The minimum atomic E-state index is 0.533. The topological polar surface area (TPSA) is 24.1 Å². The maximum atomic E-state index is 5.93. The van der Waals surface area contributed by atoms with Crippen LogP contribution < -0.4 is 10.6 Å². The van der Waals surface area contributed by atoms with Gasteiger partial charge in [-0.3, -0.25) is 0 Å². The van der Waals surface area contributed by atoms with E-state index in [9.17, 15) is 0 Å². The smallest absolute Gasteiger partial charge is 0.170 e. The van der Waals surface area contributed by atoms with Gasteiger partial charge in [-0.2, -0.15) is 0 Å². The molecule has 0 aliphatic heterocycles. The molecular formula is C12H14BrClN2S. The molecule has 0 spiro atoms. The van der Waals surface area contributed by atoms with Gasteiger partial charge in [-0.1, -0.05) is 24.4 Å². The molecule has 0 unspecified atom stereocenters. The monoisotopic (exact) mass is 332 g/mol. The van der Waals surface area contributed by atoms with Crippen LogP contribution in [-0.4, -0.2) is 11.2 Å². The summed E-state index contributed by atoms with van der Waals surface area (Å²) >= 11 is 14.6. The zero-order valence-corrected chi connectivity index (χ0v) is 12.5. The van der Waals surface area contributed by atoms with Crippen molar-refractivity contribution in [1.82, 2.24) is 5.32 Å². The molecule has 0 amide bonds. The number of hydrogen-bond acceptors (Lipinski definition) is 1. The lowest BCUT2D eigenvalue weighted by atomic mass is 10.2. The first kappa shape index (κ1) is 13.1. The van der Waals surface area contributed by atoms with Gasteiger partial charge in [-0.15, -0.1) is 0 Å². The molecule has 1 aliphatic rings. The van der Waals surface area contributed by atoms with Crippen molar-refractivity contribution in [3.63, 3.8) is 0 Å². The predicted octanol–water partition coefficient (Wildman–Crippen LogP) is 4.33. The second kappa shape index (κ2) is 6.03. The molecule has 0 bridgehead atoms. The Kier molecular flexibility index (Phi) is 4.65. The average molecular weight is 334 g/mol. The molecule has 1 aliphatic carbocycles. The zero-order valence-electron chi connectivity index (χ0n) is 9.30. The molecule has 1 aromatic rings. The zero-order chi connectivity index (χ0) is 12.3. The molecule has 1 fully saturated rings. The quantitative estimate of drug-likeness (QED) is 0.788. The van der Waals surface area contributed by atoms with E-state index in [2.05, 4.69) is 26.6 Å². The molecular weight excluding hydrogens is 320 g/mol. The lowest BCUT2D eigenvalue weighted by Gasteiger charge is -2.15. The van der Waals surface area contributed by atoms with E-state index in [1.54, 1.807) is 0 Å². The summed E-state index contributed by atoms with van der Waals surface area (Å²) in [6, 6.07) is 6.21. The van der Waals surface area contributed by atoms with Crippen molar-refractivity contribution in [2.45, 2.75) is 31.7 Å². The van der Waals surface area contributed by atoms with Crippen molar-refractivity contribution in [1.29, 1.82) is 0 Å². The fourth-order valence-electron chi connectivity index (χ4n) is 2.00. The summed E-state index contributed by atoms with van der Waals surface area (Å²) in [4.78, 5) is 0. The van der Waals surface area contributed by atoms with Crippen LogP contribution in [0.1, 0.15) is 25.7 Å². The van der Waals surface area contributed by atoms with E-state index >= 15 is 0 Å². The number of benzene rings is 1. The molecule has 0 atom stereocenters.